The first kappa shape index (κ1) is 18.4. The third-order valence-corrected chi connectivity index (χ3v) is 10.3. The molecule has 1 heterocycles. The summed E-state index contributed by atoms with van der Waals surface area (Å²) in [5, 5.41) is 2.74. The van der Waals surface area contributed by atoms with Gasteiger partial charge in [0.25, 0.3) is 8.32 Å². The molecule has 0 N–H and O–H groups in total. The predicted octanol–water partition coefficient (Wildman–Crippen LogP) is 3.99. The number of epoxide rings is 1. The molecule has 0 bridgehead atoms. The Morgan fingerprint density at radius 3 is 1.84 bits per heavy atom. The summed E-state index contributed by atoms with van der Waals surface area (Å²) in [6.07, 6.45) is 1.49. The molecule has 134 valence electrons. The predicted molar refractivity (Wildman–Crippen MR) is 107 cm³/mol. The van der Waals surface area contributed by atoms with E-state index in [1.54, 1.807) is 0 Å². The number of benzene rings is 2. The van der Waals surface area contributed by atoms with Crippen molar-refractivity contribution in [3.05, 3.63) is 60.7 Å². The summed E-state index contributed by atoms with van der Waals surface area (Å²) in [5.74, 6) is 0.488. The van der Waals surface area contributed by atoms with Crippen LogP contribution in [-0.4, -0.2) is 27.6 Å². The van der Waals surface area contributed by atoms with Gasteiger partial charge in [0, 0.05) is 12.5 Å². The minimum atomic E-state index is -2.40. The molecular weight excluding hydrogens is 324 g/mol. The van der Waals surface area contributed by atoms with E-state index in [1.807, 2.05) is 0 Å². The van der Waals surface area contributed by atoms with E-state index in [-0.39, 0.29) is 5.04 Å². The molecule has 0 saturated carbocycles. The third-order valence-electron chi connectivity index (χ3n) is 5.34. The van der Waals surface area contributed by atoms with E-state index in [2.05, 4.69) is 88.4 Å². The molecule has 2 aromatic carbocycles. The summed E-state index contributed by atoms with van der Waals surface area (Å²) in [6, 6.07) is 21.7. The third kappa shape index (κ3) is 3.74. The van der Waals surface area contributed by atoms with Crippen LogP contribution < -0.4 is 10.4 Å². The summed E-state index contributed by atoms with van der Waals surface area (Å²) in [4.78, 5) is 0. The van der Waals surface area contributed by atoms with Gasteiger partial charge in [-0.25, -0.2) is 0 Å². The van der Waals surface area contributed by atoms with Gasteiger partial charge in [0.1, 0.15) is 0 Å². The van der Waals surface area contributed by atoms with Gasteiger partial charge in [-0.3, -0.25) is 0 Å². The fraction of sp³-hybridized carbons (Fsp3) is 0.455. The Kier molecular flexibility index (Phi) is 5.47. The van der Waals surface area contributed by atoms with E-state index in [0.29, 0.717) is 12.0 Å². The Bertz CT molecular complexity index is 620. The number of ether oxygens (including phenoxy) is 1. The average Bonchev–Trinajstić information content (AvgIpc) is 3.44. The maximum absolute atomic E-state index is 6.98. The summed E-state index contributed by atoms with van der Waals surface area (Å²) in [5.41, 5.74) is 0. The number of hydrogen-bond donors (Lipinski definition) is 0. The van der Waals surface area contributed by atoms with Crippen molar-refractivity contribution < 1.29 is 9.16 Å². The molecular formula is C22H30O2Si. The monoisotopic (exact) mass is 354 g/mol. The first-order valence-electron chi connectivity index (χ1n) is 9.35. The molecule has 0 radical (unpaired) electrons. The molecule has 3 heteroatoms. The van der Waals surface area contributed by atoms with E-state index in [9.17, 15) is 0 Å². The SMILES string of the molecule is CC[C@H](CO[Si](c1ccccc1)(c1ccccc1)C(C)(C)C)[C@H]1CO1. The van der Waals surface area contributed by atoms with E-state index in [1.165, 1.54) is 10.4 Å². The summed E-state index contributed by atoms with van der Waals surface area (Å²) < 4.78 is 12.5. The largest absolute Gasteiger partial charge is 0.407 e. The second kappa shape index (κ2) is 7.44. The van der Waals surface area contributed by atoms with Gasteiger partial charge < -0.3 is 9.16 Å². The maximum Gasteiger partial charge on any atom is 0.261 e. The van der Waals surface area contributed by atoms with Crippen LogP contribution >= 0.6 is 0 Å². The van der Waals surface area contributed by atoms with Crippen molar-refractivity contribution in [1.82, 2.24) is 0 Å². The summed E-state index contributed by atoms with van der Waals surface area (Å²) >= 11 is 0. The zero-order chi connectivity index (χ0) is 17.9. The minimum Gasteiger partial charge on any atom is -0.407 e. The normalized spacial score (nSPS) is 18.8. The maximum atomic E-state index is 6.98. The average molecular weight is 355 g/mol. The van der Waals surface area contributed by atoms with Crippen LogP contribution in [-0.2, 0) is 9.16 Å². The molecule has 0 unspecified atom stereocenters. The quantitative estimate of drug-likeness (QED) is 0.554. The van der Waals surface area contributed by atoms with Gasteiger partial charge in [-0.05, 0) is 21.8 Å². The first-order chi connectivity index (χ1) is 12.0. The van der Waals surface area contributed by atoms with Crippen molar-refractivity contribution in [2.75, 3.05) is 13.2 Å². The topological polar surface area (TPSA) is 21.8 Å². The van der Waals surface area contributed by atoms with Gasteiger partial charge in [-0.2, -0.15) is 0 Å². The summed E-state index contributed by atoms with van der Waals surface area (Å²) in [7, 11) is -2.40. The van der Waals surface area contributed by atoms with Gasteiger partial charge in [-0.15, -0.1) is 0 Å². The van der Waals surface area contributed by atoms with Gasteiger partial charge >= 0.3 is 0 Å². The molecule has 1 aliphatic heterocycles. The van der Waals surface area contributed by atoms with Gasteiger partial charge in [0.05, 0.1) is 12.7 Å². The van der Waals surface area contributed by atoms with Crippen molar-refractivity contribution in [3.8, 4) is 0 Å². The Hall–Kier alpha value is -1.42. The van der Waals surface area contributed by atoms with Gasteiger partial charge in [-0.1, -0.05) is 88.4 Å². The fourth-order valence-corrected chi connectivity index (χ4v) is 8.43. The van der Waals surface area contributed by atoms with Crippen molar-refractivity contribution >= 4 is 18.7 Å². The van der Waals surface area contributed by atoms with Crippen LogP contribution in [0.1, 0.15) is 34.1 Å². The van der Waals surface area contributed by atoms with Crippen molar-refractivity contribution in [1.29, 1.82) is 0 Å². The Labute approximate surface area is 153 Å². The molecule has 1 aliphatic rings. The van der Waals surface area contributed by atoms with Crippen LogP contribution in [0.3, 0.4) is 0 Å². The molecule has 25 heavy (non-hydrogen) atoms. The Balaban J connectivity index is 2.05. The highest BCUT2D eigenvalue weighted by Gasteiger charge is 2.50. The summed E-state index contributed by atoms with van der Waals surface area (Å²) in [6.45, 7) is 10.9. The number of hydrogen-bond acceptors (Lipinski definition) is 2. The van der Waals surface area contributed by atoms with E-state index < -0.39 is 8.32 Å². The highest BCUT2D eigenvalue weighted by molar-refractivity contribution is 6.99. The molecule has 2 atom stereocenters. The standard InChI is InChI=1S/C22H30O2Si/c1-5-18(21-17-23-21)16-24-25(22(2,3)4,19-12-8-6-9-13-19)20-14-10-7-11-15-20/h6-15,18,21H,5,16-17H2,1-4H3/t18-,21-/m1/s1. The highest BCUT2D eigenvalue weighted by atomic mass is 28.4. The van der Waals surface area contributed by atoms with Crippen molar-refractivity contribution in [2.24, 2.45) is 5.92 Å². The second-order valence-corrected chi connectivity index (χ2v) is 12.3. The molecule has 2 aromatic rings. The zero-order valence-electron chi connectivity index (χ0n) is 15.9. The van der Waals surface area contributed by atoms with E-state index >= 15 is 0 Å². The van der Waals surface area contributed by atoms with Crippen LogP contribution in [0, 0.1) is 5.92 Å². The van der Waals surface area contributed by atoms with Crippen LogP contribution in [0.25, 0.3) is 0 Å². The van der Waals surface area contributed by atoms with E-state index in [0.717, 1.165) is 19.6 Å². The fourth-order valence-electron chi connectivity index (χ4n) is 3.81. The molecule has 0 spiro atoms. The Morgan fingerprint density at radius 2 is 1.48 bits per heavy atom. The van der Waals surface area contributed by atoms with Crippen LogP contribution in [0.5, 0.6) is 0 Å². The van der Waals surface area contributed by atoms with Gasteiger partial charge in [0.2, 0.25) is 0 Å². The smallest absolute Gasteiger partial charge is 0.261 e. The lowest BCUT2D eigenvalue weighted by Crippen LogP contribution is -2.67. The zero-order valence-corrected chi connectivity index (χ0v) is 16.9. The first-order valence-corrected chi connectivity index (χ1v) is 11.3. The van der Waals surface area contributed by atoms with E-state index in [4.69, 9.17) is 9.16 Å². The minimum absolute atomic E-state index is 0.0401. The van der Waals surface area contributed by atoms with Crippen LogP contribution in [0.15, 0.2) is 60.7 Å². The lowest BCUT2D eigenvalue weighted by molar-refractivity contribution is 0.197. The molecule has 2 nitrogen and oxygen atoms in total. The molecule has 1 saturated heterocycles. The highest BCUT2D eigenvalue weighted by Crippen LogP contribution is 2.37. The van der Waals surface area contributed by atoms with Crippen LogP contribution in [0.4, 0.5) is 0 Å². The molecule has 1 fully saturated rings. The molecule has 3 rings (SSSR count). The number of rotatable bonds is 7. The molecule has 0 amide bonds. The van der Waals surface area contributed by atoms with Crippen molar-refractivity contribution in [2.45, 2.75) is 45.3 Å². The lowest BCUT2D eigenvalue weighted by Gasteiger charge is -2.43. The Morgan fingerprint density at radius 1 is 1.00 bits per heavy atom. The molecule has 0 aliphatic carbocycles. The second-order valence-electron chi connectivity index (χ2n) is 8.01. The van der Waals surface area contributed by atoms with Crippen molar-refractivity contribution in [3.63, 3.8) is 0 Å². The van der Waals surface area contributed by atoms with Crippen LogP contribution in [0.2, 0.25) is 5.04 Å². The lowest BCUT2D eigenvalue weighted by atomic mass is 10.1. The van der Waals surface area contributed by atoms with Gasteiger partial charge in [0.15, 0.2) is 0 Å². The molecule has 0 aromatic heterocycles.